The number of aryl methyl sites for hydroxylation is 1. The number of nitrogens with one attached hydrogen (secondary N) is 1. The van der Waals surface area contributed by atoms with Gasteiger partial charge in [-0.1, -0.05) is 13.0 Å². The summed E-state index contributed by atoms with van der Waals surface area (Å²) >= 11 is 0. The van der Waals surface area contributed by atoms with Gasteiger partial charge in [0.05, 0.1) is 6.04 Å². The number of hydrogen-bond acceptors (Lipinski definition) is 4. The van der Waals surface area contributed by atoms with Crippen LogP contribution in [0.4, 0.5) is 0 Å². The van der Waals surface area contributed by atoms with E-state index in [-0.39, 0.29) is 6.04 Å². The van der Waals surface area contributed by atoms with Gasteiger partial charge in [0.15, 0.2) is 0 Å². The summed E-state index contributed by atoms with van der Waals surface area (Å²) in [5.74, 6) is 0.962. The summed E-state index contributed by atoms with van der Waals surface area (Å²) < 4.78 is 0. The highest BCUT2D eigenvalue weighted by molar-refractivity contribution is 5.50. The molecule has 110 valence electrons. The molecule has 0 spiro atoms. The normalized spacial score (nSPS) is 27.8. The fourth-order valence-electron chi connectivity index (χ4n) is 3.62. The van der Waals surface area contributed by atoms with Crippen LogP contribution in [0, 0.1) is 6.92 Å². The van der Waals surface area contributed by atoms with Crippen molar-refractivity contribution in [1.82, 2.24) is 15.3 Å². The van der Waals surface area contributed by atoms with Gasteiger partial charge in [-0.05, 0) is 43.5 Å². The summed E-state index contributed by atoms with van der Waals surface area (Å²) in [5, 5.41) is 12.6. The van der Waals surface area contributed by atoms with Gasteiger partial charge in [-0.3, -0.25) is 0 Å². The fourth-order valence-corrected chi connectivity index (χ4v) is 3.62. The molecule has 0 saturated carbocycles. The quantitative estimate of drug-likeness (QED) is 0.866. The lowest BCUT2D eigenvalue weighted by Crippen LogP contribution is -2.51. The van der Waals surface area contributed by atoms with E-state index in [0.717, 1.165) is 38.2 Å². The van der Waals surface area contributed by atoms with Gasteiger partial charge in [0.2, 0.25) is 0 Å². The second kappa shape index (κ2) is 5.35. The van der Waals surface area contributed by atoms with Crippen molar-refractivity contribution >= 4 is 0 Å². The second-order valence-corrected chi connectivity index (χ2v) is 6.34. The molecule has 2 aliphatic rings. The molecule has 1 aliphatic carbocycles. The lowest BCUT2D eigenvalue weighted by atomic mass is 9.97. The SMILES string of the molecule is Cc1ccc(O)c2c1C(C)CC2NN1CCN(C)CC1. The molecule has 3 rings (SSSR count). The minimum Gasteiger partial charge on any atom is -0.508 e. The third-order valence-corrected chi connectivity index (χ3v) is 4.75. The molecule has 2 unspecified atom stereocenters. The maximum atomic E-state index is 10.2. The molecule has 0 radical (unpaired) electrons. The molecule has 0 bridgehead atoms. The molecule has 1 aromatic rings. The first-order chi connectivity index (χ1) is 9.56. The Hall–Kier alpha value is -1.10. The number of piperazine rings is 1. The van der Waals surface area contributed by atoms with Crippen molar-refractivity contribution in [3.05, 3.63) is 28.8 Å². The van der Waals surface area contributed by atoms with Crippen molar-refractivity contribution < 1.29 is 5.11 Å². The molecule has 0 aromatic heterocycles. The predicted octanol–water partition coefficient (Wildman–Crippen LogP) is 2.00. The number of phenolic OH excluding ortho intramolecular Hbond substituents is 1. The average Bonchev–Trinajstić information content (AvgIpc) is 2.75. The molecule has 1 aromatic carbocycles. The van der Waals surface area contributed by atoms with Crippen molar-refractivity contribution in [1.29, 1.82) is 0 Å². The van der Waals surface area contributed by atoms with Crippen LogP contribution in [0.5, 0.6) is 5.75 Å². The Kier molecular flexibility index (Phi) is 3.71. The summed E-state index contributed by atoms with van der Waals surface area (Å²) in [5.41, 5.74) is 7.40. The predicted molar refractivity (Wildman–Crippen MR) is 80.8 cm³/mol. The zero-order valence-corrected chi connectivity index (χ0v) is 12.7. The number of phenols is 1. The number of aromatic hydroxyl groups is 1. The standard InChI is InChI=1S/C16H25N3O/c1-11-4-5-14(20)16-13(10-12(2)15(11)16)17-19-8-6-18(3)7-9-19/h4-5,12-13,17,20H,6-10H2,1-3H3. The van der Waals surface area contributed by atoms with Crippen LogP contribution in [-0.2, 0) is 0 Å². The maximum absolute atomic E-state index is 10.2. The highest BCUT2D eigenvalue weighted by atomic mass is 16.3. The van der Waals surface area contributed by atoms with E-state index in [1.54, 1.807) is 0 Å². The molecule has 1 fully saturated rings. The summed E-state index contributed by atoms with van der Waals surface area (Å²) in [6, 6.07) is 4.12. The first kappa shape index (κ1) is 13.9. The van der Waals surface area contributed by atoms with Crippen molar-refractivity contribution in [3.63, 3.8) is 0 Å². The maximum Gasteiger partial charge on any atom is 0.120 e. The van der Waals surface area contributed by atoms with Crippen LogP contribution in [0.3, 0.4) is 0 Å². The fraction of sp³-hybridized carbons (Fsp3) is 0.625. The number of rotatable bonds is 2. The molecular formula is C16H25N3O. The Labute approximate surface area is 121 Å². The second-order valence-electron chi connectivity index (χ2n) is 6.34. The lowest BCUT2D eigenvalue weighted by molar-refractivity contribution is 0.0856. The van der Waals surface area contributed by atoms with Crippen LogP contribution in [0.1, 0.15) is 42.0 Å². The molecule has 1 heterocycles. The minimum absolute atomic E-state index is 0.253. The van der Waals surface area contributed by atoms with E-state index < -0.39 is 0 Å². The summed E-state index contributed by atoms with van der Waals surface area (Å²) in [7, 11) is 2.17. The van der Waals surface area contributed by atoms with E-state index in [1.165, 1.54) is 11.1 Å². The van der Waals surface area contributed by atoms with Gasteiger partial charge in [0.1, 0.15) is 5.75 Å². The zero-order chi connectivity index (χ0) is 14.3. The van der Waals surface area contributed by atoms with Crippen molar-refractivity contribution in [2.24, 2.45) is 0 Å². The van der Waals surface area contributed by atoms with Gasteiger partial charge >= 0.3 is 0 Å². The van der Waals surface area contributed by atoms with E-state index in [2.05, 4.69) is 36.2 Å². The molecule has 20 heavy (non-hydrogen) atoms. The average molecular weight is 275 g/mol. The molecular weight excluding hydrogens is 250 g/mol. The van der Waals surface area contributed by atoms with E-state index in [1.807, 2.05) is 12.1 Å². The van der Waals surface area contributed by atoms with Crippen molar-refractivity contribution in [2.75, 3.05) is 33.2 Å². The van der Waals surface area contributed by atoms with Gasteiger partial charge in [-0.25, -0.2) is 10.4 Å². The number of fused-ring (bicyclic) bond motifs is 1. The van der Waals surface area contributed by atoms with E-state index in [0.29, 0.717) is 11.7 Å². The van der Waals surface area contributed by atoms with Crippen LogP contribution in [0.15, 0.2) is 12.1 Å². The number of hydrazine groups is 1. The number of likely N-dealkylation sites (N-methyl/N-ethyl adjacent to an activating group) is 1. The zero-order valence-electron chi connectivity index (χ0n) is 12.7. The lowest BCUT2D eigenvalue weighted by Gasteiger charge is -2.34. The van der Waals surface area contributed by atoms with E-state index in [9.17, 15) is 5.11 Å². The molecule has 2 atom stereocenters. The van der Waals surface area contributed by atoms with E-state index in [4.69, 9.17) is 0 Å². The third-order valence-electron chi connectivity index (χ3n) is 4.75. The summed E-state index contributed by atoms with van der Waals surface area (Å²) in [4.78, 5) is 2.35. The molecule has 1 aliphatic heterocycles. The highest BCUT2D eigenvalue weighted by Gasteiger charge is 2.33. The summed E-state index contributed by atoms with van der Waals surface area (Å²) in [6.45, 7) is 8.69. The van der Waals surface area contributed by atoms with Crippen LogP contribution in [0.2, 0.25) is 0 Å². The van der Waals surface area contributed by atoms with Gasteiger partial charge < -0.3 is 10.0 Å². The van der Waals surface area contributed by atoms with Gasteiger partial charge in [0.25, 0.3) is 0 Å². The molecule has 4 heteroatoms. The van der Waals surface area contributed by atoms with Crippen LogP contribution in [-0.4, -0.2) is 48.2 Å². The molecule has 1 saturated heterocycles. The Morgan fingerprint density at radius 1 is 1.15 bits per heavy atom. The number of nitrogens with zero attached hydrogens (tertiary/aromatic N) is 2. The minimum atomic E-state index is 0.253. The number of benzene rings is 1. The van der Waals surface area contributed by atoms with Crippen molar-refractivity contribution in [3.8, 4) is 5.75 Å². The Bertz CT molecular complexity index is 495. The Morgan fingerprint density at radius 2 is 1.85 bits per heavy atom. The monoisotopic (exact) mass is 275 g/mol. The van der Waals surface area contributed by atoms with E-state index >= 15 is 0 Å². The van der Waals surface area contributed by atoms with Crippen molar-refractivity contribution in [2.45, 2.75) is 32.2 Å². The smallest absolute Gasteiger partial charge is 0.120 e. The Morgan fingerprint density at radius 3 is 2.55 bits per heavy atom. The third kappa shape index (κ3) is 2.43. The van der Waals surface area contributed by atoms with Gasteiger partial charge in [0, 0.05) is 31.7 Å². The Balaban J connectivity index is 1.79. The molecule has 0 amide bonds. The molecule has 4 nitrogen and oxygen atoms in total. The first-order valence-electron chi connectivity index (χ1n) is 7.58. The largest absolute Gasteiger partial charge is 0.508 e. The van der Waals surface area contributed by atoms with Crippen LogP contribution in [0.25, 0.3) is 0 Å². The topological polar surface area (TPSA) is 38.7 Å². The van der Waals surface area contributed by atoms with Gasteiger partial charge in [-0.2, -0.15) is 0 Å². The van der Waals surface area contributed by atoms with Crippen LogP contribution >= 0.6 is 0 Å². The highest BCUT2D eigenvalue weighted by Crippen LogP contribution is 2.45. The van der Waals surface area contributed by atoms with Gasteiger partial charge in [-0.15, -0.1) is 0 Å². The molecule has 2 N–H and O–H groups in total. The summed E-state index contributed by atoms with van der Waals surface area (Å²) in [6.07, 6.45) is 1.07. The first-order valence-corrected chi connectivity index (χ1v) is 7.58. The number of hydrogen-bond donors (Lipinski definition) is 2. The van der Waals surface area contributed by atoms with Crippen LogP contribution < -0.4 is 5.43 Å².